The lowest BCUT2D eigenvalue weighted by Gasteiger charge is -2.34. The van der Waals surface area contributed by atoms with Crippen molar-refractivity contribution in [2.75, 3.05) is 37.7 Å². The maximum absolute atomic E-state index is 13.2. The molecule has 0 aromatic heterocycles. The number of aryl methyl sites for hydroxylation is 2. The second kappa shape index (κ2) is 12.3. The van der Waals surface area contributed by atoms with Crippen LogP contribution in [0.2, 0.25) is 0 Å². The highest BCUT2D eigenvalue weighted by Crippen LogP contribution is 2.38. The molecule has 43 heavy (non-hydrogen) atoms. The number of morpholine rings is 1. The average Bonchev–Trinajstić information content (AvgIpc) is 3.26. The monoisotopic (exact) mass is 624 g/mol. The minimum Gasteiger partial charge on any atom is -0.370 e. The van der Waals surface area contributed by atoms with Crippen LogP contribution in [0.15, 0.2) is 22.5 Å². The SMILES string of the molecule is Cc1cc(N2CCOCC2=O)cc(C)c1C=CS(=O)(=O)N1CCC2(CC1)N=C(C1CCC(CCC(F)(F)F)CC1)NC2=O. The Hall–Kier alpha value is -2.77. The van der Waals surface area contributed by atoms with E-state index in [1.54, 1.807) is 11.0 Å². The third-order valence-electron chi connectivity index (χ3n) is 9.26. The number of carbonyl (C=O) groups is 2. The standard InChI is InChI=1S/C30H39F3N4O5S/c1-20-17-24(37-14-15-42-19-26(37)38)18-21(2)25(20)8-16-43(40,41)36-12-10-29(11-13-36)28(39)34-27(35-29)23-5-3-22(4-6-23)7-9-30(31,32)33/h8,16-18,22-23H,3-7,9-15,19H2,1-2H3,(H,34,35,39). The zero-order valence-corrected chi connectivity index (χ0v) is 25.4. The number of amidine groups is 1. The number of carbonyl (C=O) groups excluding carboxylic acids is 2. The topological polar surface area (TPSA) is 108 Å². The Labute approximate surface area is 250 Å². The highest BCUT2D eigenvalue weighted by Gasteiger charge is 2.48. The number of aliphatic imine (C=N–C) groups is 1. The predicted molar refractivity (Wildman–Crippen MR) is 157 cm³/mol. The van der Waals surface area contributed by atoms with E-state index in [2.05, 4.69) is 5.32 Å². The van der Waals surface area contributed by atoms with E-state index in [0.29, 0.717) is 44.7 Å². The quantitative estimate of drug-likeness (QED) is 0.482. The highest BCUT2D eigenvalue weighted by atomic mass is 32.2. The van der Waals surface area contributed by atoms with Crippen LogP contribution in [0.1, 0.15) is 68.1 Å². The van der Waals surface area contributed by atoms with E-state index in [0.717, 1.165) is 22.4 Å². The summed E-state index contributed by atoms with van der Waals surface area (Å²) < 4.78 is 70.8. The molecule has 1 spiro atoms. The van der Waals surface area contributed by atoms with Crippen molar-refractivity contribution in [1.29, 1.82) is 0 Å². The number of ether oxygens (including phenoxy) is 1. The number of benzene rings is 1. The fraction of sp³-hybridized carbons (Fsp3) is 0.633. The summed E-state index contributed by atoms with van der Waals surface area (Å²) in [5, 5.41) is 4.11. The van der Waals surface area contributed by atoms with Gasteiger partial charge in [0.15, 0.2) is 0 Å². The first-order valence-electron chi connectivity index (χ1n) is 14.9. The van der Waals surface area contributed by atoms with Gasteiger partial charge < -0.3 is 15.0 Å². The van der Waals surface area contributed by atoms with E-state index in [4.69, 9.17) is 9.73 Å². The first-order valence-corrected chi connectivity index (χ1v) is 16.4. The van der Waals surface area contributed by atoms with Crippen molar-refractivity contribution in [2.24, 2.45) is 16.8 Å². The van der Waals surface area contributed by atoms with Gasteiger partial charge in [0.25, 0.3) is 11.8 Å². The molecule has 0 radical (unpaired) electrons. The summed E-state index contributed by atoms with van der Waals surface area (Å²) in [7, 11) is -3.76. The smallest absolute Gasteiger partial charge is 0.370 e. The van der Waals surface area contributed by atoms with Crippen molar-refractivity contribution in [2.45, 2.75) is 76.9 Å². The van der Waals surface area contributed by atoms with Crippen LogP contribution >= 0.6 is 0 Å². The number of halogens is 3. The first kappa shape index (κ1) is 31.6. The molecular formula is C30H39F3N4O5S. The van der Waals surface area contributed by atoms with Crippen LogP contribution in [0.3, 0.4) is 0 Å². The van der Waals surface area contributed by atoms with Crippen molar-refractivity contribution in [3.8, 4) is 0 Å². The number of piperidine rings is 1. The molecule has 0 bridgehead atoms. The summed E-state index contributed by atoms with van der Waals surface area (Å²) >= 11 is 0. The molecule has 3 fully saturated rings. The lowest BCUT2D eigenvalue weighted by Crippen LogP contribution is -2.50. The van der Waals surface area contributed by atoms with Crippen LogP contribution in [-0.2, 0) is 24.3 Å². The number of hydrogen-bond donors (Lipinski definition) is 1. The molecule has 1 N–H and O–H groups in total. The highest BCUT2D eigenvalue weighted by molar-refractivity contribution is 7.92. The molecule has 5 rings (SSSR count). The third kappa shape index (κ3) is 7.15. The number of amides is 2. The molecule has 236 valence electrons. The number of anilines is 1. The zero-order valence-electron chi connectivity index (χ0n) is 24.6. The van der Waals surface area contributed by atoms with E-state index >= 15 is 0 Å². The van der Waals surface area contributed by atoms with Crippen molar-refractivity contribution in [3.05, 3.63) is 34.2 Å². The Bertz CT molecular complexity index is 1390. The Morgan fingerprint density at radius 3 is 2.33 bits per heavy atom. The van der Waals surface area contributed by atoms with Gasteiger partial charge in [-0.2, -0.15) is 17.5 Å². The minimum atomic E-state index is -4.14. The van der Waals surface area contributed by atoms with Crippen LogP contribution in [0.5, 0.6) is 0 Å². The molecule has 1 saturated carbocycles. The molecular weight excluding hydrogens is 585 g/mol. The number of alkyl halides is 3. The first-order chi connectivity index (χ1) is 20.3. The van der Waals surface area contributed by atoms with E-state index in [1.165, 1.54) is 9.71 Å². The van der Waals surface area contributed by atoms with E-state index in [9.17, 15) is 31.2 Å². The van der Waals surface area contributed by atoms with Gasteiger partial charge in [-0.25, -0.2) is 8.42 Å². The maximum Gasteiger partial charge on any atom is 0.389 e. The van der Waals surface area contributed by atoms with Gasteiger partial charge in [0, 0.05) is 43.1 Å². The summed E-state index contributed by atoms with van der Waals surface area (Å²) in [5.41, 5.74) is 2.21. The average molecular weight is 625 g/mol. The van der Waals surface area contributed by atoms with Gasteiger partial charge in [-0.3, -0.25) is 14.6 Å². The Kier molecular flexibility index (Phi) is 9.06. The molecule has 3 heterocycles. The van der Waals surface area contributed by atoms with Crippen molar-refractivity contribution < 1.29 is 35.9 Å². The van der Waals surface area contributed by atoms with Gasteiger partial charge in [-0.05, 0) is 99.6 Å². The van der Waals surface area contributed by atoms with Gasteiger partial charge in [0.05, 0.1) is 6.61 Å². The largest absolute Gasteiger partial charge is 0.389 e. The molecule has 3 aliphatic heterocycles. The van der Waals surface area contributed by atoms with Crippen LogP contribution in [0.25, 0.3) is 6.08 Å². The Morgan fingerprint density at radius 1 is 1.07 bits per heavy atom. The van der Waals surface area contributed by atoms with Crippen LogP contribution < -0.4 is 10.2 Å². The Morgan fingerprint density at radius 2 is 1.72 bits per heavy atom. The van der Waals surface area contributed by atoms with Crippen LogP contribution in [0, 0.1) is 25.7 Å². The van der Waals surface area contributed by atoms with Gasteiger partial charge in [0.1, 0.15) is 18.0 Å². The third-order valence-corrected chi connectivity index (χ3v) is 10.8. The summed E-state index contributed by atoms with van der Waals surface area (Å²) in [6.45, 7) is 5.02. The number of nitrogens with one attached hydrogen (secondary N) is 1. The molecule has 0 unspecified atom stereocenters. The fourth-order valence-electron chi connectivity index (χ4n) is 6.68. The minimum absolute atomic E-state index is 0.00870. The van der Waals surface area contributed by atoms with Crippen LogP contribution in [-0.4, -0.2) is 74.9 Å². The van der Waals surface area contributed by atoms with Crippen molar-refractivity contribution >= 4 is 39.4 Å². The molecule has 1 aliphatic carbocycles. The van der Waals surface area contributed by atoms with Crippen LogP contribution in [0.4, 0.5) is 18.9 Å². The van der Waals surface area contributed by atoms with Gasteiger partial charge in [0.2, 0.25) is 10.0 Å². The molecule has 2 amide bonds. The fourth-order valence-corrected chi connectivity index (χ4v) is 7.85. The van der Waals surface area contributed by atoms with E-state index < -0.39 is 28.2 Å². The normalized spacial score (nSPS) is 25.4. The second-order valence-corrected chi connectivity index (χ2v) is 14.0. The molecule has 1 aromatic carbocycles. The maximum atomic E-state index is 13.2. The summed E-state index contributed by atoms with van der Waals surface area (Å²) in [6.07, 6.45) is 0.0591. The second-order valence-electron chi connectivity index (χ2n) is 12.2. The lowest BCUT2D eigenvalue weighted by atomic mass is 9.79. The number of sulfonamides is 1. The molecule has 4 aliphatic rings. The van der Waals surface area contributed by atoms with E-state index in [1.807, 2.05) is 26.0 Å². The molecule has 1 aromatic rings. The molecule has 0 atom stereocenters. The lowest BCUT2D eigenvalue weighted by molar-refractivity contribution is -0.138. The van der Waals surface area contributed by atoms with Gasteiger partial charge in [-0.1, -0.05) is 0 Å². The van der Waals surface area contributed by atoms with Gasteiger partial charge >= 0.3 is 6.18 Å². The van der Waals surface area contributed by atoms with Crippen molar-refractivity contribution in [3.63, 3.8) is 0 Å². The predicted octanol–water partition coefficient (Wildman–Crippen LogP) is 4.48. The molecule has 9 nitrogen and oxygen atoms in total. The summed E-state index contributed by atoms with van der Waals surface area (Å²) in [6, 6.07) is 3.74. The summed E-state index contributed by atoms with van der Waals surface area (Å²) in [5.74, 6) is 0.307. The Balaban J connectivity index is 1.19. The number of hydrogen-bond acceptors (Lipinski definition) is 6. The number of nitrogens with zero attached hydrogens (tertiary/aromatic N) is 3. The summed E-state index contributed by atoms with van der Waals surface area (Å²) in [4.78, 5) is 31.7. The molecule has 13 heteroatoms. The zero-order chi connectivity index (χ0) is 31.0. The van der Waals surface area contributed by atoms with Crippen molar-refractivity contribution in [1.82, 2.24) is 9.62 Å². The van der Waals surface area contributed by atoms with E-state index in [-0.39, 0.29) is 62.6 Å². The van der Waals surface area contributed by atoms with Gasteiger partial charge in [-0.15, -0.1) is 0 Å². The molecule has 2 saturated heterocycles. The number of rotatable bonds is 7.